The smallest absolute Gasteiger partial charge is 0.292 e. The average Bonchev–Trinajstić information content (AvgIpc) is 2.62. The van der Waals surface area contributed by atoms with Gasteiger partial charge in [0.15, 0.2) is 5.75 Å². The number of hydrogen-bond acceptors (Lipinski definition) is 3. The van der Waals surface area contributed by atoms with Crippen molar-refractivity contribution >= 4 is 0 Å². The molecule has 1 aromatic carbocycles. The van der Waals surface area contributed by atoms with Crippen molar-refractivity contribution in [1.29, 1.82) is 0 Å². The Labute approximate surface area is 143 Å². The molecular weight excluding hydrogens is 300 g/mol. The van der Waals surface area contributed by atoms with Gasteiger partial charge in [-0.25, -0.2) is 0 Å². The fraction of sp³-hybridized carbons (Fsp3) is 0.450. The molecule has 3 rings (SSSR count). The minimum Gasteiger partial charge on any atom is -0.483 e. The molecule has 0 spiro atoms. The summed E-state index contributed by atoms with van der Waals surface area (Å²) in [5.74, 6) is 0.426. The molecule has 0 saturated carbocycles. The number of rotatable bonds is 6. The van der Waals surface area contributed by atoms with Crippen LogP contribution >= 0.6 is 0 Å². The molecule has 1 saturated heterocycles. The van der Waals surface area contributed by atoms with Crippen LogP contribution in [0.25, 0.3) is 0 Å². The number of nitrogens with zero attached hydrogens (tertiary/aromatic N) is 1. The molecule has 128 valence electrons. The van der Waals surface area contributed by atoms with Crippen LogP contribution in [0, 0.1) is 6.92 Å². The number of benzene rings is 1. The predicted molar refractivity (Wildman–Crippen MR) is 96.5 cm³/mol. The quantitative estimate of drug-likeness (QED) is 0.886. The summed E-state index contributed by atoms with van der Waals surface area (Å²) in [6.07, 6.45) is 6.59. The van der Waals surface area contributed by atoms with Gasteiger partial charge in [0.25, 0.3) is 5.56 Å². The minimum absolute atomic E-state index is 0.0413. The van der Waals surface area contributed by atoms with E-state index in [0.29, 0.717) is 18.4 Å². The van der Waals surface area contributed by atoms with Crippen molar-refractivity contribution in [3.05, 3.63) is 64.1 Å². The lowest BCUT2D eigenvalue weighted by atomic mass is 10.0. The lowest BCUT2D eigenvalue weighted by Gasteiger charge is -2.23. The van der Waals surface area contributed by atoms with Gasteiger partial charge in [0.05, 0.1) is 0 Å². The van der Waals surface area contributed by atoms with Crippen molar-refractivity contribution in [3.8, 4) is 5.75 Å². The third kappa shape index (κ3) is 4.48. The van der Waals surface area contributed by atoms with Crippen molar-refractivity contribution in [2.24, 2.45) is 0 Å². The van der Waals surface area contributed by atoms with Gasteiger partial charge >= 0.3 is 0 Å². The zero-order valence-electron chi connectivity index (χ0n) is 14.3. The van der Waals surface area contributed by atoms with Crippen LogP contribution in [0.3, 0.4) is 0 Å². The van der Waals surface area contributed by atoms with Gasteiger partial charge in [0, 0.05) is 18.8 Å². The van der Waals surface area contributed by atoms with Crippen LogP contribution in [0.4, 0.5) is 0 Å². The Morgan fingerprint density at radius 2 is 2.04 bits per heavy atom. The predicted octanol–water partition coefficient (Wildman–Crippen LogP) is 3.27. The number of hydrogen-bond donors (Lipinski definition) is 1. The monoisotopic (exact) mass is 326 g/mol. The third-order valence-corrected chi connectivity index (χ3v) is 4.63. The summed E-state index contributed by atoms with van der Waals surface area (Å²) < 4.78 is 7.51. The van der Waals surface area contributed by atoms with Crippen molar-refractivity contribution in [2.45, 2.75) is 51.8 Å². The highest BCUT2D eigenvalue weighted by molar-refractivity contribution is 5.22. The molecule has 4 nitrogen and oxygen atoms in total. The zero-order valence-corrected chi connectivity index (χ0v) is 14.3. The SMILES string of the molecule is Cc1ccc(COc2cccn(CCC3CCCCN3)c2=O)cc1. The maximum atomic E-state index is 12.5. The molecule has 0 bridgehead atoms. The van der Waals surface area contributed by atoms with E-state index in [1.54, 1.807) is 10.6 Å². The molecule has 0 radical (unpaired) electrons. The highest BCUT2D eigenvalue weighted by atomic mass is 16.5. The summed E-state index contributed by atoms with van der Waals surface area (Å²) in [5.41, 5.74) is 2.25. The highest BCUT2D eigenvalue weighted by Gasteiger charge is 2.13. The average molecular weight is 326 g/mol. The van der Waals surface area contributed by atoms with E-state index in [-0.39, 0.29) is 5.56 Å². The molecule has 24 heavy (non-hydrogen) atoms. The Morgan fingerprint density at radius 1 is 1.21 bits per heavy atom. The summed E-state index contributed by atoms with van der Waals surface area (Å²) >= 11 is 0. The first kappa shape index (κ1) is 16.8. The van der Waals surface area contributed by atoms with E-state index in [9.17, 15) is 4.79 Å². The molecule has 1 aromatic heterocycles. The number of nitrogens with one attached hydrogen (secondary N) is 1. The van der Waals surface area contributed by atoms with Crippen molar-refractivity contribution in [2.75, 3.05) is 6.54 Å². The Kier molecular flexibility index (Phi) is 5.70. The summed E-state index contributed by atoms with van der Waals surface area (Å²) in [7, 11) is 0. The summed E-state index contributed by atoms with van der Waals surface area (Å²) in [4.78, 5) is 12.5. The molecule has 4 heteroatoms. The first-order chi connectivity index (χ1) is 11.7. The van der Waals surface area contributed by atoms with E-state index < -0.39 is 0 Å². The maximum absolute atomic E-state index is 12.5. The molecular formula is C20H26N2O2. The van der Waals surface area contributed by atoms with Gasteiger partial charge in [-0.1, -0.05) is 36.2 Å². The van der Waals surface area contributed by atoms with Crippen molar-refractivity contribution in [3.63, 3.8) is 0 Å². The highest BCUT2D eigenvalue weighted by Crippen LogP contribution is 2.12. The fourth-order valence-electron chi connectivity index (χ4n) is 3.11. The van der Waals surface area contributed by atoms with E-state index in [2.05, 4.69) is 24.4 Å². The Bertz CT molecular complexity index is 700. The number of ether oxygens (including phenoxy) is 1. The minimum atomic E-state index is -0.0413. The van der Waals surface area contributed by atoms with Crippen LogP contribution in [-0.4, -0.2) is 17.2 Å². The second-order valence-electron chi connectivity index (χ2n) is 6.58. The number of piperidine rings is 1. The third-order valence-electron chi connectivity index (χ3n) is 4.63. The first-order valence-corrected chi connectivity index (χ1v) is 8.83. The van der Waals surface area contributed by atoms with Gasteiger partial charge in [-0.3, -0.25) is 4.79 Å². The van der Waals surface area contributed by atoms with E-state index in [1.807, 2.05) is 24.4 Å². The fourth-order valence-corrected chi connectivity index (χ4v) is 3.11. The molecule has 1 fully saturated rings. The van der Waals surface area contributed by atoms with Crippen LogP contribution in [0.2, 0.25) is 0 Å². The van der Waals surface area contributed by atoms with Crippen LogP contribution in [0.15, 0.2) is 47.4 Å². The van der Waals surface area contributed by atoms with E-state index in [1.165, 1.54) is 24.8 Å². The molecule has 1 unspecified atom stereocenters. The molecule has 0 aliphatic carbocycles. The number of aryl methyl sites for hydroxylation is 2. The first-order valence-electron chi connectivity index (χ1n) is 8.83. The lowest BCUT2D eigenvalue weighted by molar-refractivity contribution is 0.297. The van der Waals surface area contributed by atoms with E-state index >= 15 is 0 Å². The van der Waals surface area contributed by atoms with Crippen LogP contribution < -0.4 is 15.6 Å². The Hall–Kier alpha value is -2.07. The second kappa shape index (κ2) is 8.15. The van der Waals surface area contributed by atoms with Crippen LogP contribution in [0.5, 0.6) is 5.75 Å². The standard InChI is InChI=1S/C20H26N2O2/c1-16-7-9-17(10-8-16)15-24-19-6-4-13-22(20(19)23)14-11-18-5-2-3-12-21-18/h4,6-10,13,18,21H,2-3,5,11-12,14-15H2,1H3. The normalized spacial score (nSPS) is 17.6. The van der Waals surface area contributed by atoms with Crippen LogP contribution in [0.1, 0.15) is 36.8 Å². The van der Waals surface area contributed by atoms with E-state index in [0.717, 1.165) is 25.1 Å². The summed E-state index contributed by atoms with van der Waals surface area (Å²) in [6, 6.07) is 12.4. The number of aromatic nitrogens is 1. The van der Waals surface area contributed by atoms with Gasteiger partial charge in [0.2, 0.25) is 0 Å². The van der Waals surface area contributed by atoms with Gasteiger partial charge in [-0.05, 0) is 50.4 Å². The van der Waals surface area contributed by atoms with Gasteiger partial charge in [-0.15, -0.1) is 0 Å². The second-order valence-corrected chi connectivity index (χ2v) is 6.58. The molecule has 1 atom stereocenters. The molecule has 0 amide bonds. The molecule has 1 N–H and O–H groups in total. The lowest BCUT2D eigenvalue weighted by Crippen LogP contribution is -2.35. The van der Waals surface area contributed by atoms with Crippen molar-refractivity contribution in [1.82, 2.24) is 9.88 Å². The van der Waals surface area contributed by atoms with Gasteiger partial charge in [0.1, 0.15) is 6.61 Å². The molecule has 1 aliphatic rings. The Balaban J connectivity index is 1.60. The Morgan fingerprint density at radius 3 is 2.79 bits per heavy atom. The maximum Gasteiger partial charge on any atom is 0.292 e. The topological polar surface area (TPSA) is 43.3 Å². The van der Waals surface area contributed by atoms with E-state index in [4.69, 9.17) is 4.74 Å². The zero-order chi connectivity index (χ0) is 16.8. The summed E-state index contributed by atoms with van der Waals surface area (Å²) in [5, 5.41) is 3.53. The van der Waals surface area contributed by atoms with Gasteiger partial charge in [-0.2, -0.15) is 0 Å². The summed E-state index contributed by atoms with van der Waals surface area (Å²) in [6.45, 7) is 4.31. The molecule has 1 aliphatic heterocycles. The van der Waals surface area contributed by atoms with Crippen molar-refractivity contribution < 1.29 is 4.74 Å². The number of pyridine rings is 1. The van der Waals surface area contributed by atoms with Crippen LogP contribution in [-0.2, 0) is 13.2 Å². The molecule has 2 aromatic rings. The largest absolute Gasteiger partial charge is 0.483 e. The molecule has 2 heterocycles. The van der Waals surface area contributed by atoms with Gasteiger partial charge < -0.3 is 14.6 Å².